The van der Waals surface area contributed by atoms with Crippen LogP contribution in [-0.2, 0) is 14.8 Å². The number of sulfonamides is 1. The van der Waals surface area contributed by atoms with Gasteiger partial charge in [-0.1, -0.05) is 12.1 Å². The topological polar surface area (TPSA) is 110 Å². The van der Waals surface area contributed by atoms with Crippen molar-refractivity contribution >= 4 is 27.4 Å². The van der Waals surface area contributed by atoms with Crippen molar-refractivity contribution in [3.8, 4) is 0 Å². The van der Waals surface area contributed by atoms with Gasteiger partial charge in [0.15, 0.2) is 0 Å². The standard InChI is InChI=1S/C19H21N3O6S/c1-2-28-19(23)15-7-9-16(10-8-15)29(26,27)21-13-11-20(12-14-21)17-5-3-4-6-18(17)22(24)25/h3-10H,2,11-14H2,1H3. The lowest BCUT2D eigenvalue weighted by molar-refractivity contribution is -0.384. The van der Waals surface area contributed by atoms with E-state index in [9.17, 15) is 23.3 Å². The number of carbonyl (C=O) groups excluding carboxylic acids is 1. The minimum absolute atomic E-state index is 0.00152. The maximum Gasteiger partial charge on any atom is 0.338 e. The number of esters is 1. The maximum atomic E-state index is 12.9. The van der Waals surface area contributed by atoms with Gasteiger partial charge in [-0.15, -0.1) is 0 Å². The van der Waals surface area contributed by atoms with Gasteiger partial charge in [-0.05, 0) is 37.3 Å². The van der Waals surface area contributed by atoms with Crippen molar-refractivity contribution in [2.45, 2.75) is 11.8 Å². The van der Waals surface area contributed by atoms with E-state index >= 15 is 0 Å². The molecule has 0 aliphatic carbocycles. The molecule has 0 aromatic heterocycles. The van der Waals surface area contributed by atoms with Gasteiger partial charge in [-0.25, -0.2) is 13.2 Å². The highest BCUT2D eigenvalue weighted by atomic mass is 32.2. The number of hydrogen-bond acceptors (Lipinski definition) is 7. The average Bonchev–Trinajstić information content (AvgIpc) is 2.74. The van der Waals surface area contributed by atoms with Crippen LogP contribution in [0, 0.1) is 10.1 Å². The van der Waals surface area contributed by atoms with Crippen LogP contribution >= 0.6 is 0 Å². The Morgan fingerprint density at radius 1 is 1.07 bits per heavy atom. The van der Waals surface area contributed by atoms with Crippen LogP contribution < -0.4 is 4.90 Å². The Kier molecular flexibility index (Phi) is 6.14. The Hall–Kier alpha value is -2.98. The highest BCUT2D eigenvalue weighted by Crippen LogP contribution is 2.29. The van der Waals surface area contributed by atoms with E-state index in [1.807, 2.05) is 4.90 Å². The molecule has 0 spiro atoms. The second-order valence-electron chi connectivity index (χ2n) is 6.38. The molecule has 1 heterocycles. The number of nitrogens with zero attached hydrogens (tertiary/aromatic N) is 3. The molecule has 10 heteroatoms. The summed E-state index contributed by atoms with van der Waals surface area (Å²) in [4.78, 5) is 24.4. The lowest BCUT2D eigenvalue weighted by Gasteiger charge is -2.35. The van der Waals surface area contributed by atoms with Gasteiger partial charge in [-0.2, -0.15) is 4.31 Å². The van der Waals surface area contributed by atoms with Crippen molar-refractivity contribution < 1.29 is 22.9 Å². The van der Waals surface area contributed by atoms with Crippen LogP contribution in [0.2, 0.25) is 0 Å². The van der Waals surface area contributed by atoms with Gasteiger partial charge < -0.3 is 9.64 Å². The van der Waals surface area contributed by atoms with Gasteiger partial charge in [0, 0.05) is 32.2 Å². The third kappa shape index (κ3) is 4.38. The zero-order valence-corrected chi connectivity index (χ0v) is 16.7. The minimum atomic E-state index is -3.73. The molecule has 9 nitrogen and oxygen atoms in total. The van der Waals surface area contributed by atoms with E-state index in [-0.39, 0.29) is 35.8 Å². The van der Waals surface area contributed by atoms with Crippen molar-refractivity contribution in [1.29, 1.82) is 0 Å². The van der Waals surface area contributed by atoms with Gasteiger partial charge in [0.25, 0.3) is 5.69 Å². The van der Waals surface area contributed by atoms with Crippen molar-refractivity contribution in [2.24, 2.45) is 0 Å². The maximum absolute atomic E-state index is 12.9. The molecule has 0 amide bonds. The van der Waals surface area contributed by atoms with E-state index in [2.05, 4.69) is 0 Å². The monoisotopic (exact) mass is 419 g/mol. The number of nitro benzene ring substituents is 1. The summed E-state index contributed by atoms with van der Waals surface area (Å²) in [6.45, 7) is 3.02. The summed E-state index contributed by atoms with van der Waals surface area (Å²) < 4.78 is 32.0. The predicted molar refractivity (Wildman–Crippen MR) is 106 cm³/mol. The summed E-state index contributed by atoms with van der Waals surface area (Å²) >= 11 is 0. The first-order valence-electron chi connectivity index (χ1n) is 9.10. The molecule has 2 aromatic rings. The van der Waals surface area contributed by atoms with Crippen molar-refractivity contribution in [3.63, 3.8) is 0 Å². The third-order valence-electron chi connectivity index (χ3n) is 4.66. The molecule has 1 aliphatic heterocycles. The van der Waals surface area contributed by atoms with E-state index in [0.29, 0.717) is 18.8 Å². The summed E-state index contributed by atoms with van der Waals surface area (Å²) in [5.41, 5.74) is 0.763. The van der Waals surface area contributed by atoms with Crippen molar-refractivity contribution in [2.75, 3.05) is 37.7 Å². The average molecular weight is 419 g/mol. The molecule has 0 N–H and O–H groups in total. The van der Waals surface area contributed by atoms with E-state index in [1.54, 1.807) is 25.1 Å². The van der Waals surface area contributed by atoms with Crippen LogP contribution in [0.15, 0.2) is 53.4 Å². The highest BCUT2D eigenvalue weighted by Gasteiger charge is 2.30. The number of nitro groups is 1. The SMILES string of the molecule is CCOC(=O)c1ccc(S(=O)(=O)N2CCN(c3ccccc3[N+](=O)[O-])CC2)cc1. The predicted octanol–water partition coefficient (Wildman–Crippen LogP) is 2.28. The fraction of sp³-hybridized carbons (Fsp3) is 0.316. The number of piperazine rings is 1. The van der Waals surface area contributed by atoms with Crippen LogP contribution in [0.4, 0.5) is 11.4 Å². The van der Waals surface area contributed by atoms with Crippen LogP contribution in [0.25, 0.3) is 0 Å². The molecule has 1 saturated heterocycles. The van der Waals surface area contributed by atoms with E-state index in [0.717, 1.165) is 0 Å². The molecular formula is C19H21N3O6S. The summed E-state index contributed by atoms with van der Waals surface area (Å²) in [6, 6.07) is 12.0. The zero-order chi connectivity index (χ0) is 21.0. The zero-order valence-electron chi connectivity index (χ0n) is 15.9. The summed E-state index contributed by atoms with van der Waals surface area (Å²) in [5, 5.41) is 11.2. The normalized spacial score (nSPS) is 15.1. The summed E-state index contributed by atoms with van der Waals surface area (Å²) in [7, 11) is -3.73. The van der Waals surface area contributed by atoms with E-state index in [4.69, 9.17) is 4.74 Å². The Labute approximate surface area is 168 Å². The van der Waals surface area contributed by atoms with Crippen LogP contribution in [0.3, 0.4) is 0 Å². The fourth-order valence-corrected chi connectivity index (χ4v) is 4.60. The lowest BCUT2D eigenvalue weighted by atomic mass is 10.2. The van der Waals surface area contributed by atoms with E-state index < -0.39 is 20.9 Å². The van der Waals surface area contributed by atoms with Crippen molar-refractivity contribution in [3.05, 3.63) is 64.2 Å². The number of para-hydroxylation sites is 2. The number of hydrogen-bond donors (Lipinski definition) is 0. The molecule has 29 heavy (non-hydrogen) atoms. The molecular weight excluding hydrogens is 398 g/mol. The first kappa shape index (κ1) is 20.7. The quantitative estimate of drug-likeness (QED) is 0.401. The highest BCUT2D eigenvalue weighted by molar-refractivity contribution is 7.89. The molecule has 1 aliphatic rings. The molecule has 2 aromatic carbocycles. The molecule has 0 saturated carbocycles. The van der Waals surface area contributed by atoms with Gasteiger partial charge in [0.05, 0.1) is 22.0 Å². The minimum Gasteiger partial charge on any atom is -0.462 e. The molecule has 0 radical (unpaired) electrons. The van der Waals surface area contributed by atoms with Gasteiger partial charge >= 0.3 is 5.97 Å². The fourth-order valence-electron chi connectivity index (χ4n) is 3.18. The van der Waals surface area contributed by atoms with Crippen molar-refractivity contribution in [1.82, 2.24) is 4.31 Å². The van der Waals surface area contributed by atoms with E-state index in [1.165, 1.54) is 34.6 Å². The summed E-state index contributed by atoms with van der Waals surface area (Å²) in [5.74, 6) is -0.505. The Morgan fingerprint density at radius 2 is 1.69 bits per heavy atom. The first-order valence-corrected chi connectivity index (χ1v) is 10.5. The van der Waals surface area contributed by atoms with Gasteiger partial charge in [-0.3, -0.25) is 10.1 Å². The molecule has 0 unspecified atom stereocenters. The van der Waals surface area contributed by atoms with Crippen LogP contribution in [0.5, 0.6) is 0 Å². The van der Waals surface area contributed by atoms with Gasteiger partial charge in [0.1, 0.15) is 5.69 Å². The number of carbonyl (C=O) groups is 1. The number of anilines is 1. The molecule has 0 atom stereocenters. The smallest absolute Gasteiger partial charge is 0.338 e. The Bertz CT molecular complexity index is 999. The molecule has 3 rings (SSSR count). The Balaban J connectivity index is 1.72. The molecule has 0 bridgehead atoms. The molecule has 1 fully saturated rings. The second kappa shape index (κ2) is 8.58. The summed E-state index contributed by atoms with van der Waals surface area (Å²) in [6.07, 6.45) is 0. The Morgan fingerprint density at radius 3 is 2.28 bits per heavy atom. The van der Waals surface area contributed by atoms with Crippen LogP contribution in [0.1, 0.15) is 17.3 Å². The van der Waals surface area contributed by atoms with Gasteiger partial charge in [0.2, 0.25) is 10.0 Å². The third-order valence-corrected chi connectivity index (χ3v) is 6.57. The largest absolute Gasteiger partial charge is 0.462 e. The first-order chi connectivity index (χ1) is 13.8. The number of ether oxygens (including phenoxy) is 1. The number of benzene rings is 2. The second-order valence-corrected chi connectivity index (χ2v) is 8.32. The van der Waals surface area contributed by atoms with Crippen LogP contribution in [-0.4, -0.2) is 56.4 Å². The lowest BCUT2D eigenvalue weighted by Crippen LogP contribution is -2.48. The number of rotatable bonds is 6. The molecule has 154 valence electrons.